The van der Waals surface area contributed by atoms with Crippen LogP contribution in [0.3, 0.4) is 0 Å². The van der Waals surface area contributed by atoms with E-state index in [-0.39, 0.29) is 12.3 Å². The van der Waals surface area contributed by atoms with Crippen LogP contribution in [0.4, 0.5) is 4.39 Å². The van der Waals surface area contributed by atoms with Gasteiger partial charge in [-0.05, 0) is 48.4 Å². The van der Waals surface area contributed by atoms with Crippen molar-refractivity contribution < 1.29 is 18.3 Å². The summed E-state index contributed by atoms with van der Waals surface area (Å²) in [4.78, 5) is 24.7. The molecule has 1 unspecified atom stereocenters. The Balaban J connectivity index is 1.38. The average molecular weight is 495 g/mol. The smallest absolute Gasteiger partial charge is 0.408 e. The summed E-state index contributed by atoms with van der Waals surface area (Å²) in [7, 11) is 1.63. The molecule has 2 atom stereocenters. The number of thiophene rings is 1. The summed E-state index contributed by atoms with van der Waals surface area (Å²) in [6, 6.07) is 12.1. The van der Waals surface area contributed by atoms with E-state index in [9.17, 15) is 14.9 Å². The molecule has 0 radical (unpaired) electrons. The van der Waals surface area contributed by atoms with E-state index in [0.29, 0.717) is 34.5 Å². The van der Waals surface area contributed by atoms with Crippen LogP contribution < -0.4 is 16.4 Å². The summed E-state index contributed by atoms with van der Waals surface area (Å²) in [5, 5.41) is 15.8. The Morgan fingerprint density at radius 2 is 2.14 bits per heavy atom. The van der Waals surface area contributed by atoms with Gasteiger partial charge in [0.2, 0.25) is 0 Å². The first-order valence-electron chi connectivity index (χ1n) is 11.3. The van der Waals surface area contributed by atoms with Crippen molar-refractivity contribution in [2.45, 2.75) is 25.0 Å². The molecule has 5 rings (SSSR count). The molecule has 2 aromatic heterocycles. The van der Waals surface area contributed by atoms with Crippen molar-refractivity contribution in [3.05, 3.63) is 57.6 Å². The quantitative estimate of drug-likeness (QED) is 0.441. The Kier molecular flexibility index (Phi) is 6.38. The van der Waals surface area contributed by atoms with Crippen LogP contribution in [0.1, 0.15) is 11.3 Å². The van der Waals surface area contributed by atoms with E-state index in [1.807, 2.05) is 24.3 Å². The highest BCUT2D eigenvalue weighted by atomic mass is 32.1. The zero-order chi connectivity index (χ0) is 24.5. The standard InChI is InChI=1S/C25H23FN4O4S/c1-30-18-10-15(3-5-19(18)34-25(30)32)14-4-6-21-17(9-14)23(26)22(35-21)11-16(12-27)29-24(31)20-13-28-7-2-8-33-20/h3-6,9-10,16,20,28H,2,7-8,11,13H2,1H3,(H,29,31)/t16?,20-/m0/s1. The fourth-order valence-corrected chi connectivity index (χ4v) is 5.31. The molecule has 4 aromatic rings. The third-order valence-corrected chi connectivity index (χ3v) is 7.29. The molecular formula is C25H23FN4O4S. The van der Waals surface area contributed by atoms with Crippen molar-refractivity contribution in [3.63, 3.8) is 0 Å². The normalized spacial score (nSPS) is 17.2. The first-order valence-corrected chi connectivity index (χ1v) is 12.1. The molecule has 2 aromatic carbocycles. The third-order valence-electron chi connectivity index (χ3n) is 6.12. The molecule has 0 saturated carbocycles. The number of amides is 1. The largest absolute Gasteiger partial charge is 0.419 e. The molecule has 180 valence electrons. The van der Waals surface area contributed by atoms with Crippen molar-refractivity contribution in [2.75, 3.05) is 19.7 Å². The number of aryl methyl sites for hydroxylation is 1. The Hall–Kier alpha value is -3.52. The van der Waals surface area contributed by atoms with Gasteiger partial charge in [0.05, 0.1) is 11.6 Å². The number of aromatic nitrogens is 1. The first-order chi connectivity index (χ1) is 16.9. The highest BCUT2D eigenvalue weighted by Gasteiger charge is 2.25. The number of benzene rings is 2. The molecule has 35 heavy (non-hydrogen) atoms. The SMILES string of the molecule is Cn1c(=O)oc2ccc(-c3ccc4sc(CC(C#N)NC(=O)[C@@H]5CNCCCO5)c(F)c4c3)cc21. The van der Waals surface area contributed by atoms with Crippen LogP contribution in [0.5, 0.6) is 0 Å². The van der Waals surface area contributed by atoms with E-state index in [1.165, 1.54) is 15.9 Å². The highest BCUT2D eigenvalue weighted by molar-refractivity contribution is 7.19. The molecule has 2 N–H and O–H groups in total. The van der Waals surface area contributed by atoms with Crippen molar-refractivity contribution in [3.8, 4) is 17.2 Å². The number of oxazole rings is 1. The number of halogens is 1. The van der Waals surface area contributed by atoms with Crippen LogP contribution in [0.2, 0.25) is 0 Å². The number of hydrogen-bond donors (Lipinski definition) is 2. The van der Waals surface area contributed by atoms with Crippen molar-refractivity contribution in [1.29, 1.82) is 5.26 Å². The zero-order valence-corrected chi connectivity index (χ0v) is 19.8. The minimum Gasteiger partial charge on any atom is -0.408 e. The van der Waals surface area contributed by atoms with Crippen LogP contribution in [-0.4, -0.2) is 42.3 Å². The monoisotopic (exact) mass is 494 g/mol. The van der Waals surface area contributed by atoms with Crippen LogP contribution in [0.25, 0.3) is 32.3 Å². The molecule has 1 fully saturated rings. The van der Waals surface area contributed by atoms with Crippen LogP contribution >= 0.6 is 11.3 Å². The van der Waals surface area contributed by atoms with Gasteiger partial charge >= 0.3 is 5.76 Å². The van der Waals surface area contributed by atoms with E-state index < -0.39 is 23.7 Å². The van der Waals surface area contributed by atoms with Gasteiger partial charge in [0.1, 0.15) is 18.0 Å². The first kappa shape index (κ1) is 23.2. The Morgan fingerprint density at radius 1 is 1.34 bits per heavy atom. The highest BCUT2D eigenvalue weighted by Crippen LogP contribution is 2.34. The summed E-state index contributed by atoms with van der Waals surface area (Å²) in [6.07, 6.45) is 0.204. The minimum absolute atomic E-state index is 0.0615. The van der Waals surface area contributed by atoms with E-state index in [2.05, 4.69) is 16.7 Å². The van der Waals surface area contributed by atoms with Gasteiger partial charge in [0.25, 0.3) is 5.91 Å². The van der Waals surface area contributed by atoms with E-state index >= 15 is 4.39 Å². The fraction of sp³-hybridized carbons (Fsp3) is 0.320. The van der Waals surface area contributed by atoms with Crippen LogP contribution in [-0.2, 0) is 23.0 Å². The van der Waals surface area contributed by atoms with Crippen LogP contribution in [0, 0.1) is 17.1 Å². The van der Waals surface area contributed by atoms with Gasteiger partial charge in [-0.1, -0.05) is 12.1 Å². The Labute approximate surface area is 203 Å². The van der Waals surface area contributed by atoms with Crippen LogP contribution in [0.15, 0.2) is 45.6 Å². The van der Waals surface area contributed by atoms with Crippen molar-refractivity contribution in [2.24, 2.45) is 7.05 Å². The molecule has 0 spiro atoms. The number of carbonyl (C=O) groups is 1. The predicted molar refractivity (Wildman–Crippen MR) is 131 cm³/mol. The molecule has 0 aliphatic carbocycles. The molecular weight excluding hydrogens is 471 g/mol. The van der Waals surface area contributed by atoms with Gasteiger partial charge < -0.3 is 19.8 Å². The molecule has 1 aliphatic heterocycles. The molecule has 1 amide bonds. The summed E-state index contributed by atoms with van der Waals surface area (Å²) in [6.45, 7) is 1.62. The number of nitrogens with one attached hydrogen (secondary N) is 2. The van der Waals surface area contributed by atoms with Gasteiger partial charge in [0.15, 0.2) is 5.58 Å². The molecule has 3 heterocycles. The Morgan fingerprint density at radius 3 is 2.97 bits per heavy atom. The molecule has 0 bridgehead atoms. The lowest BCUT2D eigenvalue weighted by molar-refractivity contribution is -0.132. The fourth-order valence-electron chi connectivity index (χ4n) is 4.20. The Bertz CT molecular complexity index is 1510. The number of rotatable bonds is 5. The number of fused-ring (bicyclic) bond motifs is 2. The van der Waals surface area contributed by atoms with E-state index in [0.717, 1.165) is 28.8 Å². The zero-order valence-electron chi connectivity index (χ0n) is 19.0. The minimum atomic E-state index is -0.874. The summed E-state index contributed by atoms with van der Waals surface area (Å²) >= 11 is 1.26. The lowest BCUT2D eigenvalue weighted by Crippen LogP contribution is -2.46. The lowest BCUT2D eigenvalue weighted by atomic mass is 10.0. The molecule has 8 nitrogen and oxygen atoms in total. The van der Waals surface area contributed by atoms with Gasteiger partial charge in [-0.2, -0.15) is 5.26 Å². The van der Waals surface area contributed by atoms with Gasteiger partial charge in [0, 0.05) is 41.6 Å². The van der Waals surface area contributed by atoms with Crippen molar-refractivity contribution in [1.82, 2.24) is 15.2 Å². The van der Waals surface area contributed by atoms with E-state index in [1.54, 1.807) is 19.2 Å². The maximum Gasteiger partial charge on any atom is 0.419 e. The number of nitrogens with zero attached hydrogens (tertiary/aromatic N) is 2. The summed E-state index contributed by atoms with van der Waals surface area (Å²) < 4.78 is 28.3. The maximum absolute atomic E-state index is 15.4. The summed E-state index contributed by atoms with van der Waals surface area (Å²) in [5.41, 5.74) is 2.75. The molecule has 1 aliphatic rings. The topological polar surface area (TPSA) is 109 Å². The molecule has 10 heteroatoms. The summed E-state index contributed by atoms with van der Waals surface area (Å²) in [5.74, 6) is -1.22. The number of carbonyl (C=O) groups excluding carboxylic acids is 1. The third kappa shape index (κ3) is 4.58. The van der Waals surface area contributed by atoms with Gasteiger partial charge in [-0.3, -0.25) is 9.36 Å². The number of ether oxygens (including phenoxy) is 1. The second kappa shape index (κ2) is 9.62. The molecule has 1 saturated heterocycles. The second-order valence-corrected chi connectivity index (χ2v) is 9.61. The van der Waals surface area contributed by atoms with E-state index in [4.69, 9.17) is 9.15 Å². The van der Waals surface area contributed by atoms with Gasteiger partial charge in [-0.25, -0.2) is 9.18 Å². The lowest BCUT2D eigenvalue weighted by Gasteiger charge is -2.17. The second-order valence-electron chi connectivity index (χ2n) is 8.47. The number of hydrogen-bond acceptors (Lipinski definition) is 7. The van der Waals surface area contributed by atoms with Crippen molar-refractivity contribution >= 4 is 38.4 Å². The van der Waals surface area contributed by atoms with Gasteiger partial charge in [-0.15, -0.1) is 11.3 Å². The maximum atomic E-state index is 15.4. The number of nitriles is 1. The average Bonchev–Trinajstić information content (AvgIpc) is 3.17. The predicted octanol–water partition coefficient (Wildman–Crippen LogP) is 3.08.